The van der Waals surface area contributed by atoms with Gasteiger partial charge >= 0.3 is 0 Å². The minimum atomic E-state index is 0.112. The maximum absolute atomic E-state index is 13.4. The van der Waals surface area contributed by atoms with Crippen molar-refractivity contribution < 1.29 is 4.79 Å². The van der Waals surface area contributed by atoms with Gasteiger partial charge < -0.3 is 4.90 Å². The van der Waals surface area contributed by atoms with E-state index in [1.807, 2.05) is 12.1 Å². The third kappa shape index (κ3) is 3.67. The summed E-state index contributed by atoms with van der Waals surface area (Å²) in [7, 11) is 0. The first-order valence-corrected chi connectivity index (χ1v) is 11.8. The second-order valence-corrected chi connectivity index (χ2v) is 10.0. The monoisotopic (exact) mass is 422 g/mol. The van der Waals surface area contributed by atoms with Crippen molar-refractivity contribution in [3.63, 3.8) is 0 Å². The smallest absolute Gasteiger partial charge is 0.230 e. The molecule has 1 aliphatic carbocycles. The fourth-order valence-corrected chi connectivity index (χ4v) is 6.05. The van der Waals surface area contributed by atoms with Gasteiger partial charge in [0.25, 0.3) is 0 Å². The predicted octanol–water partition coefficient (Wildman–Crippen LogP) is 5.72. The first-order valence-electron chi connectivity index (χ1n) is 11.4. The summed E-state index contributed by atoms with van der Waals surface area (Å²) in [6.45, 7) is 6.11. The molecule has 2 aliphatic heterocycles. The van der Waals surface area contributed by atoms with Gasteiger partial charge in [0.15, 0.2) is 0 Å². The quantitative estimate of drug-likeness (QED) is 0.631. The highest BCUT2D eigenvalue weighted by molar-refractivity contribution is 6.30. The molecular weight excluding hydrogens is 392 g/mol. The predicted molar refractivity (Wildman–Crippen MR) is 123 cm³/mol. The molecule has 2 fully saturated rings. The van der Waals surface area contributed by atoms with Crippen molar-refractivity contribution in [2.24, 2.45) is 5.92 Å². The van der Waals surface area contributed by atoms with E-state index >= 15 is 0 Å². The Labute approximate surface area is 185 Å². The SMILES string of the molecule is Cc1ccc2c(c1)C1(CCN(Cc3cccc(Cl)c3)CC1)CN2C(=O)C1CCCC1. The summed E-state index contributed by atoms with van der Waals surface area (Å²) >= 11 is 6.18. The topological polar surface area (TPSA) is 23.6 Å². The lowest BCUT2D eigenvalue weighted by atomic mass is 9.74. The van der Waals surface area contributed by atoms with Crippen molar-refractivity contribution in [3.05, 3.63) is 64.2 Å². The van der Waals surface area contributed by atoms with E-state index in [0.29, 0.717) is 5.91 Å². The van der Waals surface area contributed by atoms with Crippen LogP contribution in [0.1, 0.15) is 55.2 Å². The van der Waals surface area contributed by atoms with Crippen LogP contribution in [0, 0.1) is 12.8 Å². The summed E-state index contributed by atoms with van der Waals surface area (Å²) in [5.41, 5.74) is 5.28. The zero-order chi connectivity index (χ0) is 20.7. The summed E-state index contributed by atoms with van der Waals surface area (Å²) in [6, 6.07) is 14.9. The number of benzene rings is 2. The van der Waals surface area contributed by atoms with Gasteiger partial charge in [-0.05, 0) is 75.0 Å². The zero-order valence-electron chi connectivity index (χ0n) is 17.9. The molecule has 0 N–H and O–H groups in total. The highest BCUT2D eigenvalue weighted by Crippen LogP contribution is 2.48. The van der Waals surface area contributed by atoms with Gasteiger partial charge in [-0.2, -0.15) is 0 Å². The Morgan fingerprint density at radius 2 is 1.87 bits per heavy atom. The number of nitrogens with zero attached hydrogens (tertiary/aromatic N) is 2. The molecule has 4 heteroatoms. The molecule has 2 aromatic carbocycles. The minimum absolute atomic E-state index is 0.112. The van der Waals surface area contributed by atoms with Gasteiger partial charge in [-0.15, -0.1) is 0 Å². The molecule has 1 saturated heterocycles. The molecule has 0 aromatic heterocycles. The van der Waals surface area contributed by atoms with Crippen molar-refractivity contribution in [2.45, 2.75) is 57.4 Å². The molecule has 3 aliphatic rings. The Morgan fingerprint density at radius 3 is 2.60 bits per heavy atom. The number of piperidine rings is 1. The number of rotatable bonds is 3. The van der Waals surface area contributed by atoms with Crippen LogP contribution in [0.3, 0.4) is 0 Å². The third-order valence-corrected chi connectivity index (χ3v) is 7.79. The maximum Gasteiger partial charge on any atom is 0.230 e. The highest BCUT2D eigenvalue weighted by atomic mass is 35.5. The Morgan fingerprint density at radius 1 is 1.10 bits per heavy atom. The Kier molecular flexibility index (Phi) is 5.37. The van der Waals surface area contributed by atoms with Gasteiger partial charge in [-0.1, -0.05) is 54.3 Å². The van der Waals surface area contributed by atoms with Crippen molar-refractivity contribution in [1.82, 2.24) is 4.90 Å². The van der Waals surface area contributed by atoms with Crippen molar-refractivity contribution in [1.29, 1.82) is 0 Å². The number of halogens is 1. The molecule has 30 heavy (non-hydrogen) atoms. The van der Waals surface area contributed by atoms with Crippen LogP contribution in [0.4, 0.5) is 5.69 Å². The number of anilines is 1. The van der Waals surface area contributed by atoms with E-state index < -0.39 is 0 Å². The van der Waals surface area contributed by atoms with Crippen molar-refractivity contribution >= 4 is 23.2 Å². The third-order valence-electron chi connectivity index (χ3n) is 7.55. The summed E-state index contributed by atoms with van der Waals surface area (Å²) < 4.78 is 0. The van der Waals surface area contributed by atoms with Gasteiger partial charge in [0.2, 0.25) is 5.91 Å². The number of amides is 1. The zero-order valence-corrected chi connectivity index (χ0v) is 18.6. The number of hydrogen-bond donors (Lipinski definition) is 0. The van der Waals surface area contributed by atoms with Crippen LogP contribution in [0.15, 0.2) is 42.5 Å². The second kappa shape index (κ2) is 8.01. The van der Waals surface area contributed by atoms with Gasteiger partial charge in [0.05, 0.1) is 0 Å². The molecule has 1 amide bonds. The van der Waals surface area contributed by atoms with E-state index in [1.54, 1.807) is 0 Å². The lowest BCUT2D eigenvalue weighted by Crippen LogP contribution is -2.46. The summed E-state index contributed by atoms with van der Waals surface area (Å²) in [6.07, 6.45) is 6.76. The Bertz CT molecular complexity index is 942. The second-order valence-electron chi connectivity index (χ2n) is 9.61. The van der Waals surface area contributed by atoms with Gasteiger partial charge in [-0.25, -0.2) is 0 Å². The summed E-state index contributed by atoms with van der Waals surface area (Å²) in [5.74, 6) is 0.605. The van der Waals surface area contributed by atoms with Gasteiger partial charge in [0.1, 0.15) is 0 Å². The Balaban J connectivity index is 1.35. The molecule has 1 saturated carbocycles. The lowest BCUT2D eigenvalue weighted by Gasteiger charge is -2.40. The fraction of sp³-hybridized carbons (Fsp3) is 0.500. The van der Waals surface area contributed by atoms with E-state index in [-0.39, 0.29) is 11.3 Å². The van der Waals surface area contributed by atoms with Crippen LogP contribution in [0.5, 0.6) is 0 Å². The number of carbonyl (C=O) groups is 1. The average molecular weight is 423 g/mol. The maximum atomic E-state index is 13.4. The molecule has 5 rings (SSSR count). The van der Waals surface area contributed by atoms with Crippen LogP contribution in [0.25, 0.3) is 0 Å². The van der Waals surface area contributed by atoms with Gasteiger partial charge in [0, 0.05) is 35.1 Å². The molecule has 0 unspecified atom stereocenters. The molecule has 0 radical (unpaired) electrons. The lowest BCUT2D eigenvalue weighted by molar-refractivity contribution is -0.122. The molecule has 2 heterocycles. The molecule has 1 spiro atoms. The number of likely N-dealkylation sites (tertiary alicyclic amines) is 1. The normalized spacial score (nSPS) is 21.3. The molecule has 0 bridgehead atoms. The van der Waals surface area contributed by atoms with E-state index in [1.165, 1.54) is 35.2 Å². The standard InChI is InChI=1S/C26H31ClN2O/c1-19-9-10-24-23(15-19)26(18-29(24)25(30)21-6-2-3-7-21)11-13-28(14-12-26)17-20-5-4-8-22(27)16-20/h4-5,8-10,15-16,21H,2-3,6-7,11-14,17-18H2,1H3. The largest absolute Gasteiger partial charge is 0.311 e. The number of carbonyl (C=O) groups excluding carboxylic acids is 1. The summed E-state index contributed by atoms with van der Waals surface area (Å²) in [5, 5.41) is 0.808. The van der Waals surface area contributed by atoms with Crippen molar-refractivity contribution in [2.75, 3.05) is 24.5 Å². The summed E-state index contributed by atoms with van der Waals surface area (Å²) in [4.78, 5) is 18.0. The van der Waals surface area contributed by atoms with Crippen LogP contribution in [-0.2, 0) is 16.8 Å². The van der Waals surface area contributed by atoms with E-state index in [4.69, 9.17) is 11.6 Å². The van der Waals surface area contributed by atoms with Crippen LogP contribution >= 0.6 is 11.6 Å². The van der Waals surface area contributed by atoms with E-state index in [9.17, 15) is 4.79 Å². The average Bonchev–Trinajstić information content (AvgIpc) is 3.37. The molecule has 2 aromatic rings. The van der Waals surface area contributed by atoms with Crippen LogP contribution in [0.2, 0.25) is 5.02 Å². The van der Waals surface area contributed by atoms with Crippen LogP contribution in [-0.4, -0.2) is 30.4 Å². The molecule has 0 atom stereocenters. The Hall–Kier alpha value is -1.84. The van der Waals surface area contributed by atoms with Gasteiger partial charge in [-0.3, -0.25) is 9.69 Å². The van der Waals surface area contributed by atoms with E-state index in [0.717, 1.165) is 56.9 Å². The minimum Gasteiger partial charge on any atom is -0.311 e. The number of hydrogen-bond acceptors (Lipinski definition) is 2. The fourth-order valence-electron chi connectivity index (χ4n) is 5.83. The van der Waals surface area contributed by atoms with Crippen LogP contribution < -0.4 is 4.90 Å². The number of fused-ring (bicyclic) bond motifs is 2. The molecule has 3 nitrogen and oxygen atoms in total. The highest BCUT2D eigenvalue weighted by Gasteiger charge is 2.47. The number of aryl methyl sites for hydroxylation is 1. The first kappa shape index (κ1) is 20.1. The molecular formula is C26H31ClN2O. The van der Waals surface area contributed by atoms with E-state index in [2.05, 4.69) is 47.1 Å². The van der Waals surface area contributed by atoms with Crippen molar-refractivity contribution in [3.8, 4) is 0 Å². The first-order chi connectivity index (χ1) is 14.5. The molecule has 158 valence electrons.